The number of carboxylic acid groups (broad SMARTS) is 1. The lowest BCUT2D eigenvalue weighted by Gasteiger charge is -2.16. The molecule has 0 aliphatic heterocycles. The van der Waals surface area contributed by atoms with Crippen LogP contribution in [0.1, 0.15) is 13.0 Å². The van der Waals surface area contributed by atoms with Gasteiger partial charge in [0.25, 0.3) is 0 Å². The number of methoxy groups -OCH3 is 1. The Kier molecular flexibility index (Phi) is 5.44. The topological polar surface area (TPSA) is 64.3 Å². The fourth-order valence-electron chi connectivity index (χ4n) is 2.04. The Bertz CT molecular complexity index is 677. The summed E-state index contributed by atoms with van der Waals surface area (Å²) in [4.78, 5) is 15.2. The Morgan fingerprint density at radius 2 is 2.33 bits per heavy atom. The summed E-state index contributed by atoms with van der Waals surface area (Å²) in [6.45, 7) is 2.35. The van der Waals surface area contributed by atoms with Crippen molar-refractivity contribution in [3.05, 3.63) is 21.5 Å². The highest BCUT2D eigenvalue weighted by Gasteiger charge is 2.18. The average molecular weight is 424 g/mol. The molecule has 1 aromatic heterocycles. The largest absolute Gasteiger partial charge is 0.481 e. The van der Waals surface area contributed by atoms with Gasteiger partial charge in [-0.2, -0.15) is 0 Å². The van der Waals surface area contributed by atoms with Crippen molar-refractivity contribution >= 4 is 51.4 Å². The first-order valence-corrected chi connectivity index (χ1v) is 8.21. The zero-order chi connectivity index (χ0) is 15.6. The van der Waals surface area contributed by atoms with Crippen molar-refractivity contribution in [3.8, 4) is 0 Å². The third kappa shape index (κ3) is 3.67. The molecule has 1 aromatic carbocycles. The Hall–Kier alpha value is -0.870. The van der Waals surface area contributed by atoms with E-state index in [1.807, 2.05) is 34.1 Å². The second kappa shape index (κ2) is 6.93. The summed E-state index contributed by atoms with van der Waals surface area (Å²) in [5.74, 6) is -1.33. The molecule has 0 radical (unpaired) electrons. The number of aliphatic carboxylic acids is 1. The van der Waals surface area contributed by atoms with E-state index < -0.39 is 5.97 Å². The number of hydrogen-bond acceptors (Lipinski definition) is 4. The average Bonchev–Trinajstić information content (AvgIpc) is 2.75. The molecular formula is C13H14FIN2O3S. The molecule has 2 rings (SSSR count). The first-order valence-electron chi connectivity index (χ1n) is 6.14. The minimum Gasteiger partial charge on any atom is -0.481 e. The van der Waals surface area contributed by atoms with Crippen LogP contribution in [0.3, 0.4) is 0 Å². The predicted octanol–water partition coefficient (Wildman–Crippen LogP) is 3.16. The molecule has 1 heterocycles. The van der Waals surface area contributed by atoms with Crippen molar-refractivity contribution in [1.29, 1.82) is 0 Å². The van der Waals surface area contributed by atoms with Crippen molar-refractivity contribution in [1.82, 2.24) is 9.55 Å². The number of thioether (sulfide) groups is 1. The molecule has 0 fully saturated rings. The Labute approximate surface area is 139 Å². The fraction of sp³-hybridized carbons (Fsp3) is 0.385. The second-order valence-corrected chi connectivity index (χ2v) is 6.61. The molecule has 1 N–H and O–H groups in total. The van der Waals surface area contributed by atoms with Crippen LogP contribution < -0.4 is 0 Å². The van der Waals surface area contributed by atoms with Crippen LogP contribution in [0.5, 0.6) is 0 Å². The van der Waals surface area contributed by atoms with Crippen LogP contribution in [0.25, 0.3) is 11.0 Å². The molecule has 114 valence electrons. The lowest BCUT2D eigenvalue weighted by atomic mass is 10.3. The number of fused-ring (bicyclic) bond motifs is 1. The summed E-state index contributed by atoms with van der Waals surface area (Å²) in [7, 11) is 1.59. The Morgan fingerprint density at radius 3 is 2.95 bits per heavy atom. The third-order valence-electron chi connectivity index (χ3n) is 2.87. The van der Waals surface area contributed by atoms with E-state index >= 15 is 0 Å². The number of carboxylic acids is 1. The number of benzene rings is 1. The number of nitrogens with zero attached hydrogens (tertiary/aromatic N) is 2. The van der Waals surface area contributed by atoms with Gasteiger partial charge in [0.1, 0.15) is 5.82 Å². The predicted molar refractivity (Wildman–Crippen MR) is 87.4 cm³/mol. The van der Waals surface area contributed by atoms with Crippen molar-refractivity contribution in [2.24, 2.45) is 0 Å². The monoisotopic (exact) mass is 424 g/mol. The molecule has 1 unspecified atom stereocenters. The third-order valence-corrected chi connectivity index (χ3v) is 4.64. The lowest BCUT2D eigenvalue weighted by molar-refractivity contribution is -0.133. The normalized spacial score (nSPS) is 12.8. The molecule has 2 aromatic rings. The van der Waals surface area contributed by atoms with Gasteiger partial charge in [-0.3, -0.25) is 4.79 Å². The number of carbonyl (C=O) groups is 1. The first-order chi connectivity index (χ1) is 9.93. The van der Waals surface area contributed by atoms with Gasteiger partial charge >= 0.3 is 5.97 Å². The minimum atomic E-state index is -0.918. The van der Waals surface area contributed by atoms with Crippen LogP contribution in [0.2, 0.25) is 0 Å². The van der Waals surface area contributed by atoms with Gasteiger partial charge in [0.05, 0.1) is 33.0 Å². The Balaban J connectivity index is 2.54. The van der Waals surface area contributed by atoms with Gasteiger partial charge in [-0.05, 0) is 35.6 Å². The van der Waals surface area contributed by atoms with E-state index in [-0.39, 0.29) is 17.6 Å². The summed E-state index contributed by atoms with van der Waals surface area (Å²) < 4.78 is 21.3. The zero-order valence-corrected chi connectivity index (χ0v) is 14.4. The van der Waals surface area contributed by atoms with Gasteiger partial charge in [-0.25, -0.2) is 9.37 Å². The molecule has 1 atom stereocenters. The number of imidazole rings is 1. The second-order valence-electron chi connectivity index (χ2n) is 4.51. The van der Waals surface area contributed by atoms with Gasteiger partial charge < -0.3 is 14.4 Å². The van der Waals surface area contributed by atoms with E-state index in [0.717, 1.165) is 11.8 Å². The van der Waals surface area contributed by atoms with E-state index in [9.17, 15) is 9.18 Å². The fourth-order valence-corrected chi connectivity index (χ4v) is 3.32. The summed E-state index contributed by atoms with van der Waals surface area (Å²) in [6, 6.07) is 3.02. The van der Waals surface area contributed by atoms with Gasteiger partial charge in [0, 0.05) is 13.2 Å². The molecule has 0 saturated heterocycles. The molecule has 21 heavy (non-hydrogen) atoms. The summed E-state index contributed by atoms with van der Waals surface area (Å²) in [5.41, 5.74) is 1.29. The van der Waals surface area contributed by atoms with Gasteiger partial charge in [-0.15, -0.1) is 0 Å². The number of aromatic nitrogens is 2. The number of halogens is 2. The maximum absolute atomic E-state index is 13.8. The number of rotatable bonds is 6. The highest BCUT2D eigenvalue weighted by atomic mass is 127. The van der Waals surface area contributed by atoms with Crippen LogP contribution in [-0.4, -0.2) is 40.1 Å². The summed E-state index contributed by atoms with van der Waals surface area (Å²) in [6.07, 6.45) is 0. The minimum absolute atomic E-state index is 0.0734. The molecular weight excluding hydrogens is 410 g/mol. The maximum Gasteiger partial charge on any atom is 0.313 e. The lowest BCUT2D eigenvalue weighted by Crippen LogP contribution is -2.13. The van der Waals surface area contributed by atoms with Crippen molar-refractivity contribution in [2.45, 2.75) is 18.1 Å². The maximum atomic E-state index is 13.8. The van der Waals surface area contributed by atoms with Crippen LogP contribution in [-0.2, 0) is 9.53 Å². The smallest absolute Gasteiger partial charge is 0.313 e. The van der Waals surface area contributed by atoms with Crippen molar-refractivity contribution in [3.63, 3.8) is 0 Å². The number of ether oxygens (including phenoxy) is 1. The van der Waals surface area contributed by atoms with E-state index in [1.54, 1.807) is 13.2 Å². The van der Waals surface area contributed by atoms with Crippen LogP contribution in [0, 0.1) is 9.39 Å². The SMILES string of the molecule is COCC(C)n1c(SCC(=O)O)nc2cc(I)c(F)cc21. The summed E-state index contributed by atoms with van der Waals surface area (Å²) in [5, 5.41) is 9.38. The Morgan fingerprint density at radius 1 is 1.62 bits per heavy atom. The van der Waals surface area contributed by atoms with E-state index in [2.05, 4.69) is 4.98 Å². The van der Waals surface area contributed by atoms with E-state index in [1.165, 1.54) is 6.07 Å². The molecule has 8 heteroatoms. The van der Waals surface area contributed by atoms with E-state index in [4.69, 9.17) is 9.84 Å². The first kappa shape index (κ1) is 16.5. The van der Waals surface area contributed by atoms with Crippen molar-refractivity contribution in [2.75, 3.05) is 19.5 Å². The van der Waals surface area contributed by atoms with Gasteiger partial charge in [0.15, 0.2) is 5.16 Å². The van der Waals surface area contributed by atoms with Gasteiger partial charge in [0.2, 0.25) is 0 Å². The molecule has 0 bridgehead atoms. The molecule has 0 aliphatic rings. The standard InChI is InChI=1S/C13H14FIN2O3S/c1-7(5-20-2)17-11-3-8(14)9(15)4-10(11)16-13(17)21-6-12(18)19/h3-4,7H,5-6H2,1-2H3,(H,18,19). The zero-order valence-electron chi connectivity index (χ0n) is 11.5. The van der Waals surface area contributed by atoms with E-state index in [0.29, 0.717) is 26.4 Å². The number of hydrogen-bond donors (Lipinski definition) is 1. The summed E-state index contributed by atoms with van der Waals surface area (Å²) >= 11 is 3.03. The molecule has 0 saturated carbocycles. The molecule has 0 aliphatic carbocycles. The quantitative estimate of drug-likeness (QED) is 0.570. The van der Waals surface area contributed by atoms with Gasteiger partial charge in [-0.1, -0.05) is 11.8 Å². The van der Waals surface area contributed by atoms with Crippen LogP contribution in [0.4, 0.5) is 4.39 Å². The van der Waals surface area contributed by atoms with Crippen molar-refractivity contribution < 1.29 is 19.0 Å². The molecule has 0 amide bonds. The highest BCUT2D eigenvalue weighted by Crippen LogP contribution is 2.30. The molecule has 0 spiro atoms. The highest BCUT2D eigenvalue weighted by molar-refractivity contribution is 14.1. The molecule has 5 nitrogen and oxygen atoms in total. The van der Waals surface area contributed by atoms with Crippen LogP contribution in [0.15, 0.2) is 17.3 Å². The van der Waals surface area contributed by atoms with Crippen LogP contribution >= 0.6 is 34.4 Å².